The lowest BCUT2D eigenvalue weighted by atomic mass is 9.98. The number of halogens is 2. The molecule has 1 aliphatic heterocycles. The first-order valence-electron chi connectivity index (χ1n) is 5.51. The number of hydrogen-bond donors (Lipinski definition) is 2. The maximum atomic E-state index is 5.84. The summed E-state index contributed by atoms with van der Waals surface area (Å²) < 4.78 is 0.925. The van der Waals surface area contributed by atoms with Gasteiger partial charge in [-0.2, -0.15) is 0 Å². The molecule has 0 radical (unpaired) electrons. The third kappa shape index (κ3) is 3.34. The van der Waals surface area contributed by atoms with Crippen LogP contribution in [0.15, 0.2) is 16.7 Å². The minimum Gasteiger partial charge on any atom is -0.369 e. The highest BCUT2D eigenvalue weighted by Crippen LogP contribution is 2.23. The first-order valence-corrected chi connectivity index (χ1v) is 6.68. The molecular formula is C11H15BrClN3. The van der Waals surface area contributed by atoms with Crippen molar-refractivity contribution < 1.29 is 0 Å². The Bertz CT molecular complexity index is 353. The van der Waals surface area contributed by atoms with Crippen molar-refractivity contribution in [3.05, 3.63) is 21.8 Å². The second-order valence-electron chi connectivity index (χ2n) is 4.06. The molecule has 3 nitrogen and oxygen atoms in total. The van der Waals surface area contributed by atoms with Gasteiger partial charge in [0, 0.05) is 12.7 Å². The maximum absolute atomic E-state index is 5.84. The summed E-state index contributed by atoms with van der Waals surface area (Å²) in [6.07, 6.45) is 4.13. The van der Waals surface area contributed by atoms with Crippen LogP contribution in [0, 0.1) is 5.92 Å². The van der Waals surface area contributed by atoms with E-state index in [0.29, 0.717) is 5.02 Å². The zero-order chi connectivity index (χ0) is 11.4. The van der Waals surface area contributed by atoms with E-state index in [2.05, 4.69) is 31.5 Å². The fraction of sp³-hybridized carbons (Fsp3) is 0.545. The van der Waals surface area contributed by atoms with Crippen LogP contribution in [0.25, 0.3) is 0 Å². The number of piperidine rings is 1. The Labute approximate surface area is 109 Å². The van der Waals surface area contributed by atoms with Crippen molar-refractivity contribution in [1.82, 2.24) is 10.3 Å². The van der Waals surface area contributed by atoms with Gasteiger partial charge in [-0.05, 0) is 53.8 Å². The van der Waals surface area contributed by atoms with Crippen LogP contribution < -0.4 is 10.6 Å². The van der Waals surface area contributed by atoms with Gasteiger partial charge in [-0.3, -0.25) is 0 Å². The summed E-state index contributed by atoms with van der Waals surface area (Å²) in [5.74, 6) is 1.62. The molecule has 0 aliphatic carbocycles. The summed E-state index contributed by atoms with van der Waals surface area (Å²) in [6.45, 7) is 3.23. The van der Waals surface area contributed by atoms with Crippen LogP contribution in [0.1, 0.15) is 12.8 Å². The van der Waals surface area contributed by atoms with Crippen molar-refractivity contribution in [2.75, 3.05) is 25.0 Å². The molecule has 0 bridgehead atoms. The number of pyridine rings is 1. The van der Waals surface area contributed by atoms with Gasteiger partial charge in [-0.25, -0.2) is 4.98 Å². The zero-order valence-electron chi connectivity index (χ0n) is 8.97. The molecule has 5 heteroatoms. The molecule has 16 heavy (non-hydrogen) atoms. The SMILES string of the molecule is Clc1cnc(NCC2CCNCC2)c(Br)c1. The first-order chi connectivity index (χ1) is 7.75. The van der Waals surface area contributed by atoms with E-state index in [-0.39, 0.29) is 0 Å². The van der Waals surface area contributed by atoms with Gasteiger partial charge >= 0.3 is 0 Å². The van der Waals surface area contributed by atoms with Crippen molar-refractivity contribution in [1.29, 1.82) is 0 Å². The van der Waals surface area contributed by atoms with Gasteiger partial charge in [0.1, 0.15) is 5.82 Å². The number of aromatic nitrogens is 1. The highest BCUT2D eigenvalue weighted by atomic mass is 79.9. The Balaban J connectivity index is 1.88. The van der Waals surface area contributed by atoms with Gasteiger partial charge < -0.3 is 10.6 Å². The molecule has 0 unspecified atom stereocenters. The number of hydrogen-bond acceptors (Lipinski definition) is 3. The Kier molecular flexibility index (Phi) is 4.44. The van der Waals surface area contributed by atoms with Crippen molar-refractivity contribution in [2.24, 2.45) is 5.92 Å². The number of nitrogens with zero attached hydrogens (tertiary/aromatic N) is 1. The highest BCUT2D eigenvalue weighted by molar-refractivity contribution is 9.10. The van der Waals surface area contributed by atoms with E-state index in [9.17, 15) is 0 Å². The predicted octanol–water partition coefficient (Wildman–Crippen LogP) is 2.91. The van der Waals surface area contributed by atoms with Crippen molar-refractivity contribution in [3.63, 3.8) is 0 Å². The molecular weight excluding hydrogens is 289 g/mol. The van der Waals surface area contributed by atoms with Crippen LogP contribution in [0.5, 0.6) is 0 Å². The summed E-state index contributed by atoms with van der Waals surface area (Å²) >= 11 is 9.29. The molecule has 2 N–H and O–H groups in total. The van der Waals surface area contributed by atoms with Crippen LogP contribution in [0.4, 0.5) is 5.82 Å². The molecule has 88 valence electrons. The van der Waals surface area contributed by atoms with E-state index in [1.54, 1.807) is 6.20 Å². The Morgan fingerprint density at radius 1 is 1.50 bits per heavy atom. The second kappa shape index (κ2) is 5.84. The quantitative estimate of drug-likeness (QED) is 0.901. The fourth-order valence-corrected chi connectivity index (χ4v) is 2.65. The van der Waals surface area contributed by atoms with Gasteiger partial charge in [0.25, 0.3) is 0 Å². The average Bonchev–Trinajstić information content (AvgIpc) is 2.29. The summed E-state index contributed by atoms with van der Waals surface area (Å²) in [6, 6.07) is 1.86. The van der Waals surface area contributed by atoms with Crippen molar-refractivity contribution in [3.8, 4) is 0 Å². The third-order valence-electron chi connectivity index (χ3n) is 2.82. The molecule has 2 rings (SSSR count). The normalized spacial score (nSPS) is 17.4. The summed E-state index contributed by atoms with van der Waals surface area (Å²) in [4.78, 5) is 4.26. The Hall–Kier alpha value is -0.320. The van der Waals surface area contributed by atoms with Gasteiger partial charge in [0.2, 0.25) is 0 Å². The topological polar surface area (TPSA) is 37.0 Å². The predicted molar refractivity (Wildman–Crippen MR) is 71.0 cm³/mol. The number of nitrogens with one attached hydrogen (secondary N) is 2. The Morgan fingerprint density at radius 2 is 2.25 bits per heavy atom. The van der Waals surface area contributed by atoms with Gasteiger partial charge in [-0.1, -0.05) is 11.6 Å². The lowest BCUT2D eigenvalue weighted by molar-refractivity contribution is 0.389. The summed E-state index contributed by atoms with van der Waals surface area (Å²) in [5.41, 5.74) is 0. The fourth-order valence-electron chi connectivity index (χ4n) is 1.87. The molecule has 2 heterocycles. The van der Waals surface area contributed by atoms with Crippen LogP contribution in [-0.4, -0.2) is 24.6 Å². The van der Waals surface area contributed by atoms with E-state index in [0.717, 1.165) is 35.8 Å². The van der Waals surface area contributed by atoms with E-state index in [1.807, 2.05) is 6.07 Å². The minimum absolute atomic E-state index is 0.652. The van der Waals surface area contributed by atoms with Crippen molar-refractivity contribution >= 4 is 33.3 Å². The molecule has 0 aromatic carbocycles. The van der Waals surface area contributed by atoms with Gasteiger partial charge in [0.15, 0.2) is 0 Å². The lowest BCUT2D eigenvalue weighted by Crippen LogP contribution is -2.31. The summed E-state index contributed by atoms with van der Waals surface area (Å²) in [5, 5.41) is 7.38. The second-order valence-corrected chi connectivity index (χ2v) is 5.35. The van der Waals surface area contributed by atoms with Crippen LogP contribution in [-0.2, 0) is 0 Å². The molecule has 0 spiro atoms. The lowest BCUT2D eigenvalue weighted by Gasteiger charge is -2.23. The third-order valence-corrected chi connectivity index (χ3v) is 3.64. The van der Waals surface area contributed by atoms with Gasteiger partial charge in [0.05, 0.1) is 9.50 Å². The summed E-state index contributed by atoms with van der Waals surface area (Å²) in [7, 11) is 0. The number of anilines is 1. The van der Waals surface area contributed by atoms with Gasteiger partial charge in [-0.15, -0.1) is 0 Å². The van der Waals surface area contributed by atoms with E-state index >= 15 is 0 Å². The molecule has 1 saturated heterocycles. The number of rotatable bonds is 3. The van der Waals surface area contributed by atoms with Crippen LogP contribution in [0.3, 0.4) is 0 Å². The van der Waals surface area contributed by atoms with Crippen LogP contribution >= 0.6 is 27.5 Å². The monoisotopic (exact) mass is 303 g/mol. The molecule has 1 aliphatic rings. The van der Waals surface area contributed by atoms with Crippen LogP contribution in [0.2, 0.25) is 5.02 Å². The molecule has 0 atom stereocenters. The molecule has 0 amide bonds. The maximum Gasteiger partial charge on any atom is 0.140 e. The van der Waals surface area contributed by atoms with E-state index in [4.69, 9.17) is 11.6 Å². The Morgan fingerprint density at radius 3 is 2.94 bits per heavy atom. The zero-order valence-corrected chi connectivity index (χ0v) is 11.3. The first kappa shape index (κ1) is 12.1. The largest absolute Gasteiger partial charge is 0.369 e. The highest BCUT2D eigenvalue weighted by Gasteiger charge is 2.13. The van der Waals surface area contributed by atoms with Crippen molar-refractivity contribution in [2.45, 2.75) is 12.8 Å². The van der Waals surface area contributed by atoms with E-state index in [1.165, 1.54) is 12.8 Å². The minimum atomic E-state index is 0.652. The molecule has 1 aromatic heterocycles. The van der Waals surface area contributed by atoms with E-state index < -0.39 is 0 Å². The average molecular weight is 305 g/mol. The standard InChI is InChI=1S/C11H15BrClN3/c12-10-5-9(13)7-16-11(10)15-6-8-1-3-14-4-2-8/h5,7-8,14H,1-4,6H2,(H,15,16). The molecule has 0 saturated carbocycles. The smallest absolute Gasteiger partial charge is 0.140 e. The molecule has 1 aromatic rings. The molecule has 1 fully saturated rings.